The fraction of sp³-hybridized carbons (Fsp3) is 0.357. The number of aryl methyl sites for hydroxylation is 2. The monoisotopic (exact) mass is 216 g/mol. The highest BCUT2D eigenvalue weighted by atomic mass is 16.3. The van der Waals surface area contributed by atoms with Gasteiger partial charge in [0.25, 0.3) is 0 Å². The van der Waals surface area contributed by atoms with E-state index in [0.29, 0.717) is 12.2 Å². The summed E-state index contributed by atoms with van der Waals surface area (Å²) in [5.74, 6) is 0.585. The zero-order valence-corrected chi connectivity index (χ0v) is 9.96. The minimum atomic E-state index is 0.0933. The number of Topliss-reactive ketones (excluding diaryl/α,β-unsaturated/α-hetero) is 1. The Hall–Kier alpha value is -1.57. The van der Waals surface area contributed by atoms with Gasteiger partial charge in [-0.2, -0.15) is 0 Å². The van der Waals surface area contributed by atoms with Gasteiger partial charge in [0.15, 0.2) is 11.5 Å². The van der Waals surface area contributed by atoms with Gasteiger partial charge < -0.3 is 4.42 Å². The molecule has 1 aromatic heterocycles. The summed E-state index contributed by atoms with van der Waals surface area (Å²) in [6.07, 6.45) is 1.41. The third-order valence-corrected chi connectivity index (χ3v) is 2.70. The van der Waals surface area contributed by atoms with Crippen molar-refractivity contribution in [3.8, 4) is 0 Å². The maximum atomic E-state index is 11.7. The number of rotatable bonds is 3. The Morgan fingerprint density at radius 3 is 2.69 bits per heavy atom. The number of carbonyl (C=O) groups excluding carboxylic acids is 1. The lowest BCUT2D eigenvalue weighted by Crippen LogP contribution is -1.94. The van der Waals surface area contributed by atoms with Crippen LogP contribution in [0.4, 0.5) is 0 Å². The Morgan fingerprint density at radius 2 is 2.00 bits per heavy atom. The number of hydrogen-bond acceptors (Lipinski definition) is 2. The molecule has 0 radical (unpaired) electrons. The van der Waals surface area contributed by atoms with E-state index in [9.17, 15) is 4.79 Å². The number of furan rings is 1. The molecule has 2 heteroatoms. The van der Waals surface area contributed by atoms with Crippen molar-refractivity contribution in [2.75, 3.05) is 0 Å². The molecule has 84 valence electrons. The van der Waals surface area contributed by atoms with Crippen molar-refractivity contribution >= 4 is 16.8 Å². The lowest BCUT2D eigenvalue weighted by atomic mass is 10.1. The molecule has 0 fully saturated rings. The third-order valence-electron chi connectivity index (χ3n) is 2.70. The topological polar surface area (TPSA) is 30.2 Å². The molecule has 2 aromatic rings. The Balaban J connectivity index is 2.51. The molecule has 0 bridgehead atoms. The Kier molecular flexibility index (Phi) is 2.82. The first-order valence-electron chi connectivity index (χ1n) is 5.66. The fourth-order valence-electron chi connectivity index (χ4n) is 2.00. The molecule has 0 unspecified atom stereocenters. The van der Waals surface area contributed by atoms with Crippen molar-refractivity contribution < 1.29 is 9.21 Å². The van der Waals surface area contributed by atoms with Gasteiger partial charge in [-0.15, -0.1) is 0 Å². The zero-order valence-electron chi connectivity index (χ0n) is 9.96. The largest absolute Gasteiger partial charge is 0.453 e. The van der Waals surface area contributed by atoms with Crippen molar-refractivity contribution in [1.29, 1.82) is 0 Å². The maximum absolute atomic E-state index is 11.7. The van der Waals surface area contributed by atoms with Crippen molar-refractivity contribution in [2.24, 2.45) is 0 Å². The lowest BCUT2D eigenvalue weighted by molar-refractivity contribution is 0.0957. The SMILES string of the molecule is CCCC(=O)c1cc2cc(C)cc(C)c2o1. The molecule has 0 saturated heterocycles. The lowest BCUT2D eigenvalue weighted by Gasteiger charge is -1.96. The Labute approximate surface area is 95.3 Å². The molecule has 0 atom stereocenters. The first-order valence-corrected chi connectivity index (χ1v) is 5.66. The van der Waals surface area contributed by atoms with Gasteiger partial charge in [0.05, 0.1) is 0 Å². The van der Waals surface area contributed by atoms with Gasteiger partial charge in [-0.25, -0.2) is 0 Å². The molecule has 0 aliphatic heterocycles. The minimum Gasteiger partial charge on any atom is -0.453 e. The summed E-state index contributed by atoms with van der Waals surface area (Å²) in [5.41, 5.74) is 3.12. The molecular formula is C14H16O2. The average Bonchev–Trinajstić information content (AvgIpc) is 2.62. The number of fused-ring (bicyclic) bond motifs is 1. The zero-order chi connectivity index (χ0) is 11.7. The highest BCUT2D eigenvalue weighted by Crippen LogP contribution is 2.25. The van der Waals surface area contributed by atoms with Crippen LogP contribution in [0.25, 0.3) is 11.0 Å². The van der Waals surface area contributed by atoms with Gasteiger partial charge >= 0.3 is 0 Å². The van der Waals surface area contributed by atoms with E-state index in [0.717, 1.165) is 23.0 Å². The van der Waals surface area contributed by atoms with E-state index in [1.165, 1.54) is 5.56 Å². The highest BCUT2D eigenvalue weighted by molar-refractivity contribution is 5.98. The molecule has 0 aliphatic carbocycles. The van der Waals surface area contributed by atoms with E-state index < -0.39 is 0 Å². The van der Waals surface area contributed by atoms with Crippen LogP contribution in [0.15, 0.2) is 22.6 Å². The third kappa shape index (κ3) is 1.87. The van der Waals surface area contributed by atoms with Crippen molar-refractivity contribution in [1.82, 2.24) is 0 Å². The molecule has 2 rings (SSSR count). The predicted octanol–water partition coefficient (Wildman–Crippen LogP) is 4.03. The summed E-state index contributed by atoms with van der Waals surface area (Å²) < 4.78 is 5.62. The van der Waals surface area contributed by atoms with Crippen LogP contribution in [-0.4, -0.2) is 5.78 Å². The van der Waals surface area contributed by atoms with Crippen LogP contribution in [0.2, 0.25) is 0 Å². The molecule has 0 amide bonds. The Bertz CT molecular complexity index is 535. The Morgan fingerprint density at radius 1 is 1.25 bits per heavy atom. The second-order valence-electron chi connectivity index (χ2n) is 4.28. The van der Waals surface area contributed by atoms with Gasteiger partial charge in [-0.1, -0.05) is 18.6 Å². The second-order valence-corrected chi connectivity index (χ2v) is 4.28. The summed E-state index contributed by atoms with van der Waals surface area (Å²) in [6.45, 7) is 6.05. The maximum Gasteiger partial charge on any atom is 0.198 e. The van der Waals surface area contributed by atoms with Gasteiger partial charge in [-0.3, -0.25) is 4.79 Å². The summed E-state index contributed by atoms with van der Waals surface area (Å²) >= 11 is 0. The quantitative estimate of drug-likeness (QED) is 0.725. The summed E-state index contributed by atoms with van der Waals surface area (Å²) in [4.78, 5) is 11.7. The number of benzene rings is 1. The predicted molar refractivity (Wildman–Crippen MR) is 64.9 cm³/mol. The van der Waals surface area contributed by atoms with Crippen LogP contribution in [0, 0.1) is 13.8 Å². The van der Waals surface area contributed by atoms with E-state index in [4.69, 9.17) is 4.42 Å². The average molecular weight is 216 g/mol. The molecule has 16 heavy (non-hydrogen) atoms. The van der Waals surface area contributed by atoms with Crippen molar-refractivity contribution in [3.05, 3.63) is 35.1 Å². The molecule has 0 N–H and O–H groups in total. The number of hydrogen-bond donors (Lipinski definition) is 0. The highest BCUT2D eigenvalue weighted by Gasteiger charge is 2.12. The van der Waals surface area contributed by atoms with Crippen LogP contribution in [0.3, 0.4) is 0 Å². The minimum absolute atomic E-state index is 0.0933. The molecule has 2 nitrogen and oxygen atoms in total. The van der Waals surface area contributed by atoms with Crippen LogP contribution in [0.5, 0.6) is 0 Å². The summed E-state index contributed by atoms with van der Waals surface area (Å²) in [5, 5.41) is 1.02. The summed E-state index contributed by atoms with van der Waals surface area (Å²) in [7, 11) is 0. The van der Waals surface area contributed by atoms with Crippen molar-refractivity contribution in [2.45, 2.75) is 33.6 Å². The molecule has 1 heterocycles. The first kappa shape index (κ1) is 10.9. The van der Waals surface area contributed by atoms with Gasteiger partial charge in [0.1, 0.15) is 5.58 Å². The fourth-order valence-corrected chi connectivity index (χ4v) is 2.00. The number of carbonyl (C=O) groups is 1. The molecular weight excluding hydrogens is 200 g/mol. The van der Waals surface area contributed by atoms with E-state index in [2.05, 4.69) is 12.1 Å². The van der Waals surface area contributed by atoms with Crippen LogP contribution >= 0.6 is 0 Å². The van der Waals surface area contributed by atoms with Gasteiger partial charge in [0.2, 0.25) is 0 Å². The van der Waals surface area contributed by atoms with Crippen molar-refractivity contribution in [3.63, 3.8) is 0 Å². The first-order chi connectivity index (χ1) is 7.61. The van der Waals surface area contributed by atoms with E-state index in [-0.39, 0.29) is 5.78 Å². The standard InChI is InChI=1S/C14H16O2/c1-4-5-12(15)13-8-11-7-9(2)6-10(3)14(11)16-13/h6-8H,4-5H2,1-3H3. The second kappa shape index (κ2) is 4.12. The molecule has 1 aromatic carbocycles. The number of ketones is 1. The van der Waals surface area contributed by atoms with Crippen LogP contribution in [0.1, 0.15) is 41.4 Å². The van der Waals surface area contributed by atoms with Crippen LogP contribution < -0.4 is 0 Å². The van der Waals surface area contributed by atoms with E-state index in [1.54, 1.807) is 0 Å². The van der Waals surface area contributed by atoms with E-state index in [1.807, 2.05) is 26.8 Å². The normalized spacial score (nSPS) is 10.9. The van der Waals surface area contributed by atoms with Gasteiger partial charge in [0, 0.05) is 11.8 Å². The smallest absolute Gasteiger partial charge is 0.198 e. The molecule has 0 saturated carbocycles. The summed E-state index contributed by atoms with van der Waals surface area (Å²) in [6, 6.07) is 5.97. The molecule has 0 aliphatic rings. The van der Waals surface area contributed by atoms with Gasteiger partial charge in [-0.05, 0) is 38.0 Å². The molecule has 0 spiro atoms. The van der Waals surface area contributed by atoms with Crippen LogP contribution in [-0.2, 0) is 0 Å². The van der Waals surface area contributed by atoms with E-state index >= 15 is 0 Å².